The Hall–Kier alpha value is -1.00. The van der Waals surface area contributed by atoms with E-state index in [-0.39, 0.29) is 5.56 Å². The largest absolute Gasteiger partial charge is 0.312 e. The number of piperidine rings is 1. The first-order valence-electron chi connectivity index (χ1n) is 7.49. The quantitative estimate of drug-likeness (QED) is 0.859. The average molecular weight is 282 g/mol. The minimum absolute atomic E-state index is 0.112. The zero-order chi connectivity index (χ0) is 14.4. The number of nitrogens with one attached hydrogen (secondary N) is 1. The minimum Gasteiger partial charge on any atom is -0.312 e. The van der Waals surface area contributed by atoms with Gasteiger partial charge >= 0.3 is 0 Å². The Kier molecular flexibility index (Phi) is 5.92. The van der Waals surface area contributed by atoms with E-state index >= 15 is 0 Å². The maximum atomic E-state index is 12.6. The van der Waals surface area contributed by atoms with Crippen molar-refractivity contribution in [1.82, 2.24) is 10.2 Å². The summed E-state index contributed by atoms with van der Waals surface area (Å²) in [5.41, 5.74) is 1.05. The SMILES string of the molecule is CCN1CCC(CNCc2cccc(C(F)F)c2)CC1. The lowest BCUT2D eigenvalue weighted by Gasteiger charge is -2.31. The van der Waals surface area contributed by atoms with Crippen molar-refractivity contribution in [2.45, 2.75) is 32.7 Å². The number of alkyl halides is 2. The van der Waals surface area contributed by atoms with Gasteiger partial charge in [0.05, 0.1) is 0 Å². The Labute approximate surface area is 120 Å². The zero-order valence-corrected chi connectivity index (χ0v) is 12.1. The van der Waals surface area contributed by atoms with Crippen LogP contribution in [0.3, 0.4) is 0 Å². The molecule has 20 heavy (non-hydrogen) atoms. The minimum atomic E-state index is -2.38. The van der Waals surface area contributed by atoms with Crippen molar-refractivity contribution in [2.24, 2.45) is 5.92 Å². The van der Waals surface area contributed by atoms with Gasteiger partial charge in [-0.05, 0) is 56.6 Å². The second-order valence-corrected chi connectivity index (χ2v) is 5.55. The van der Waals surface area contributed by atoms with Crippen LogP contribution in [0.25, 0.3) is 0 Å². The van der Waals surface area contributed by atoms with Gasteiger partial charge in [-0.25, -0.2) is 8.78 Å². The molecule has 0 amide bonds. The van der Waals surface area contributed by atoms with Gasteiger partial charge in [-0.1, -0.05) is 25.1 Å². The molecule has 112 valence electrons. The van der Waals surface area contributed by atoms with E-state index in [1.807, 2.05) is 6.07 Å². The van der Waals surface area contributed by atoms with E-state index in [1.165, 1.54) is 32.0 Å². The van der Waals surface area contributed by atoms with Crippen LogP contribution in [-0.2, 0) is 6.54 Å². The normalized spacial score (nSPS) is 17.8. The summed E-state index contributed by atoms with van der Waals surface area (Å²) >= 11 is 0. The van der Waals surface area contributed by atoms with Crippen molar-refractivity contribution < 1.29 is 8.78 Å². The fraction of sp³-hybridized carbons (Fsp3) is 0.625. The smallest absolute Gasteiger partial charge is 0.263 e. The summed E-state index contributed by atoms with van der Waals surface area (Å²) in [6.07, 6.45) is 0.0869. The molecule has 1 aromatic carbocycles. The highest BCUT2D eigenvalue weighted by atomic mass is 19.3. The summed E-state index contributed by atoms with van der Waals surface area (Å²) in [5, 5.41) is 3.41. The standard InChI is InChI=1S/C16H24F2N2/c1-2-20-8-6-13(7-9-20)11-19-12-14-4-3-5-15(10-14)16(17)18/h3-5,10,13,16,19H,2,6-9,11-12H2,1H3. The van der Waals surface area contributed by atoms with Gasteiger partial charge in [0, 0.05) is 12.1 Å². The van der Waals surface area contributed by atoms with E-state index in [0.717, 1.165) is 24.6 Å². The summed E-state index contributed by atoms with van der Waals surface area (Å²) in [6.45, 7) is 7.37. The number of hydrogen-bond acceptors (Lipinski definition) is 2. The van der Waals surface area contributed by atoms with E-state index in [0.29, 0.717) is 6.54 Å². The molecule has 1 aliphatic heterocycles. The maximum Gasteiger partial charge on any atom is 0.263 e. The Bertz CT molecular complexity index is 401. The number of rotatable bonds is 6. The van der Waals surface area contributed by atoms with Crippen molar-refractivity contribution in [1.29, 1.82) is 0 Å². The Morgan fingerprint density at radius 2 is 2.05 bits per heavy atom. The van der Waals surface area contributed by atoms with Gasteiger partial charge in [-0.15, -0.1) is 0 Å². The molecule has 1 heterocycles. The van der Waals surface area contributed by atoms with Crippen molar-refractivity contribution in [2.75, 3.05) is 26.2 Å². The molecule has 0 aliphatic carbocycles. The van der Waals surface area contributed by atoms with Gasteiger partial charge < -0.3 is 10.2 Å². The topological polar surface area (TPSA) is 15.3 Å². The second kappa shape index (κ2) is 7.70. The molecule has 1 aromatic rings. The summed E-state index contributed by atoms with van der Waals surface area (Å²) in [4.78, 5) is 2.47. The summed E-state index contributed by atoms with van der Waals surface area (Å²) in [6, 6.07) is 6.68. The van der Waals surface area contributed by atoms with Crippen molar-refractivity contribution in [3.8, 4) is 0 Å². The molecule has 0 saturated carbocycles. The average Bonchev–Trinajstić information content (AvgIpc) is 2.48. The molecule has 0 spiro atoms. The lowest BCUT2D eigenvalue weighted by Crippen LogP contribution is -2.36. The number of hydrogen-bond donors (Lipinski definition) is 1. The van der Waals surface area contributed by atoms with Gasteiger partial charge in [-0.3, -0.25) is 0 Å². The van der Waals surface area contributed by atoms with Crippen LogP contribution >= 0.6 is 0 Å². The van der Waals surface area contributed by atoms with Gasteiger partial charge in [0.25, 0.3) is 6.43 Å². The van der Waals surface area contributed by atoms with Crippen molar-refractivity contribution in [3.63, 3.8) is 0 Å². The highest BCUT2D eigenvalue weighted by Crippen LogP contribution is 2.20. The van der Waals surface area contributed by atoms with E-state index in [9.17, 15) is 8.78 Å². The number of likely N-dealkylation sites (tertiary alicyclic amines) is 1. The molecule has 1 saturated heterocycles. The third-order valence-electron chi connectivity index (χ3n) is 4.12. The molecule has 0 aromatic heterocycles. The third kappa shape index (κ3) is 4.53. The van der Waals surface area contributed by atoms with Gasteiger partial charge in [0.15, 0.2) is 0 Å². The Morgan fingerprint density at radius 3 is 2.70 bits per heavy atom. The van der Waals surface area contributed by atoms with Crippen molar-refractivity contribution in [3.05, 3.63) is 35.4 Å². The molecule has 1 fully saturated rings. The monoisotopic (exact) mass is 282 g/mol. The van der Waals surface area contributed by atoms with E-state index in [2.05, 4.69) is 17.1 Å². The van der Waals surface area contributed by atoms with Crippen LogP contribution in [0.2, 0.25) is 0 Å². The van der Waals surface area contributed by atoms with E-state index < -0.39 is 6.43 Å². The molecule has 2 nitrogen and oxygen atoms in total. The molecule has 0 bridgehead atoms. The fourth-order valence-corrected chi connectivity index (χ4v) is 2.77. The lowest BCUT2D eigenvalue weighted by atomic mass is 9.97. The predicted octanol–water partition coefficient (Wildman–Crippen LogP) is 3.45. The van der Waals surface area contributed by atoms with Crippen LogP contribution in [0.1, 0.15) is 37.3 Å². The molecule has 0 radical (unpaired) electrons. The first-order valence-corrected chi connectivity index (χ1v) is 7.49. The molecule has 0 unspecified atom stereocenters. The predicted molar refractivity (Wildman–Crippen MR) is 77.9 cm³/mol. The fourth-order valence-electron chi connectivity index (χ4n) is 2.77. The van der Waals surface area contributed by atoms with Crippen LogP contribution in [0, 0.1) is 5.92 Å². The Balaban J connectivity index is 1.72. The van der Waals surface area contributed by atoms with Gasteiger partial charge in [0.2, 0.25) is 0 Å². The van der Waals surface area contributed by atoms with E-state index in [4.69, 9.17) is 0 Å². The molecule has 1 aliphatic rings. The van der Waals surface area contributed by atoms with Crippen LogP contribution < -0.4 is 5.32 Å². The van der Waals surface area contributed by atoms with E-state index in [1.54, 1.807) is 12.1 Å². The van der Waals surface area contributed by atoms with Gasteiger partial charge in [-0.2, -0.15) is 0 Å². The first kappa shape index (κ1) is 15.4. The second-order valence-electron chi connectivity index (χ2n) is 5.55. The lowest BCUT2D eigenvalue weighted by molar-refractivity contribution is 0.151. The highest BCUT2D eigenvalue weighted by Gasteiger charge is 2.17. The summed E-state index contributed by atoms with van der Waals surface area (Å²) in [5.74, 6) is 0.719. The number of nitrogens with zero attached hydrogens (tertiary/aromatic N) is 1. The first-order chi connectivity index (χ1) is 9.69. The molecule has 2 rings (SSSR count). The molecule has 1 N–H and O–H groups in total. The molecular formula is C16H24F2N2. The molecule has 4 heteroatoms. The maximum absolute atomic E-state index is 12.6. The van der Waals surface area contributed by atoms with Crippen LogP contribution in [0.15, 0.2) is 24.3 Å². The third-order valence-corrected chi connectivity index (χ3v) is 4.12. The Morgan fingerprint density at radius 1 is 1.30 bits per heavy atom. The van der Waals surface area contributed by atoms with Gasteiger partial charge in [0.1, 0.15) is 0 Å². The van der Waals surface area contributed by atoms with Crippen molar-refractivity contribution >= 4 is 0 Å². The van der Waals surface area contributed by atoms with Crippen LogP contribution in [0.5, 0.6) is 0 Å². The number of benzene rings is 1. The van der Waals surface area contributed by atoms with Crippen LogP contribution in [0.4, 0.5) is 8.78 Å². The highest BCUT2D eigenvalue weighted by molar-refractivity contribution is 5.24. The summed E-state index contributed by atoms with van der Waals surface area (Å²) < 4.78 is 25.2. The number of halogens is 2. The molecular weight excluding hydrogens is 258 g/mol. The molecule has 0 atom stereocenters. The zero-order valence-electron chi connectivity index (χ0n) is 12.1. The van der Waals surface area contributed by atoms with Crippen LogP contribution in [-0.4, -0.2) is 31.1 Å². The summed E-state index contributed by atoms with van der Waals surface area (Å²) in [7, 11) is 0.